The highest BCUT2D eigenvalue weighted by molar-refractivity contribution is 7.17. The number of aryl methyl sites for hydroxylation is 2. The number of hydrogen-bond acceptors (Lipinski definition) is 2. The van der Waals surface area contributed by atoms with Crippen LogP contribution in [-0.4, -0.2) is 5.11 Å². The number of aliphatic hydroxyl groups is 1. The molecule has 0 aliphatic rings. The fourth-order valence-corrected chi connectivity index (χ4v) is 3.91. The van der Waals surface area contributed by atoms with Gasteiger partial charge in [-0.15, -0.1) is 11.3 Å². The van der Waals surface area contributed by atoms with E-state index < -0.39 is 5.60 Å². The SMILES string of the molecule is Cc1ccc(C)c(C(C)(O)Cc2csc3ccccc23)c1. The molecule has 1 atom stereocenters. The van der Waals surface area contributed by atoms with Crippen molar-refractivity contribution in [2.75, 3.05) is 0 Å². The molecule has 0 spiro atoms. The average molecular weight is 296 g/mol. The Morgan fingerprint density at radius 3 is 2.67 bits per heavy atom. The molecule has 0 aliphatic heterocycles. The lowest BCUT2D eigenvalue weighted by atomic mass is 9.85. The van der Waals surface area contributed by atoms with Crippen LogP contribution in [0, 0.1) is 13.8 Å². The van der Waals surface area contributed by atoms with Crippen LogP contribution in [0.5, 0.6) is 0 Å². The minimum atomic E-state index is -0.847. The molecule has 1 N–H and O–H groups in total. The Hall–Kier alpha value is -1.64. The van der Waals surface area contributed by atoms with Crippen LogP contribution in [0.25, 0.3) is 10.1 Å². The normalized spacial score (nSPS) is 14.3. The molecule has 0 amide bonds. The van der Waals surface area contributed by atoms with Gasteiger partial charge in [0.25, 0.3) is 0 Å². The first kappa shape index (κ1) is 14.3. The van der Waals surface area contributed by atoms with E-state index in [9.17, 15) is 5.11 Å². The molecule has 0 fully saturated rings. The summed E-state index contributed by atoms with van der Waals surface area (Å²) in [7, 11) is 0. The number of thiophene rings is 1. The Bertz CT molecular complexity index is 783. The van der Waals surface area contributed by atoms with Gasteiger partial charge < -0.3 is 5.11 Å². The van der Waals surface area contributed by atoms with Crippen LogP contribution in [0.2, 0.25) is 0 Å². The summed E-state index contributed by atoms with van der Waals surface area (Å²) < 4.78 is 1.28. The highest BCUT2D eigenvalue weighted by Crippen LogP contribution is 2.33. The summed E-state index contributed by atoms with van der Waals surface area (Å²) in [6.07, 6.45) is 0.640. The zero-order chi connectivity index (χ0) is 15.0. The number of rotatable bonds is 3. The Morgan fingerprint density at radius 1 is 1.10 bits per heavy atom. The zero-order valence-electron chi connectivity index (χ0n) is 12.7. The summed E-state index contributed by atoms with van der Waals surface area (Å²) in [5, 5.41) is 14.5. The monoisotopic (exact) mass is 296 g/mol. The third-order valence-corrected chi connectivity index (χ3v) is 5.08. The largest absolute Gasteiger partial charge is 0.385 e. The van der Waals surface area contributed by atoms with Crippen molar-refractivity contribution in [2.24, 2.45) is 0 Å². The third kappa shape index (κ3) is 2.74. The summed E-state index contributed by atoms with van der Waals surface area (Å²) in [5.74, 6) is 0. The Labute approximate surface area is 129 Å². The van der Waals surface area contributed by atoms with Crippen molar-refractivity contribution in [3.8, 4) is 0 Å². The molecular weight excluding hydrogens is 276 g/mol. The van der Waals surface area contributed by atoms with E-state index in [2.05, 4.69) is 61.7 Å². The minimum absolute atomic E-state index is 0.640. The predicted molar refractivity (Wildman–Crippen MR) is 91.0 cm³/mol. The first-order valence-corrected chi connectivity index (χ1v) is 8.10. The fraction of sp³-hybridized carbons (Fsp3) is 0.263. The van der Waals surface area contributed by atoms with E-state index in [0.717, 1.165) is 11.1 Å². The first-order chi connectivity index (χ1) is 9.97. The zero-order valence-corrected chi connectivity index (χ0v) is 13.5. The van der Waals surface area contributed by atoms with Gasteiger partial charge in [0.1, 0.15) is 0 Å². The van der Waals surface area contributed by atoms with E-state index >= 15 is 0 Å². The molecule has 1 nitrogen and oxygen atoms in total. The van der Waals surface area contributed by atoms with Gasteiger partial charge in [0.05, 0.1) is 5.60 Å². The molecule has 108 valence electrons. The summed E-state index contributed by atoms with van der Waals surface area (Å²) in [4.78, 5) is 0. The van der Waals surface area contributed by atoms with Crippen molar-refractivity contribution in [3.05, 3.63) is 70.1 Å². The Kier molecular flexibility index (Phi) is 3.60. The van der Waals surface area contributed by atoms with E-state index in [0.29, 0.717) is 6.42 Å². The van der Waals surface area contributed by atoms with Crippen molar-refractivity contribution >= 4 is 21.4 Å². The van der Waals surface area contributed by atoms with Crippen LogP contribution >= 0.6 is 11.3 Å². The lowest BCUT2D eigenvalue weighted by molar-refractivity contribution is 0.0573. The van der Waals surface area contributed by atoms with Crippen molar-refractivity contribution in [1.82, 2.24) is 0 Å². The molecule has 1 aromatic heterocycles. The van der Waals surface area contributed by atoms with Gasteiger partial charge in [-0.2, -0.15) is 0 Å². The van der Waals surface area contributed by atoms with E-state index in [4.69, 9.17) is 0 Å². The molecule has 21 heavy (non-hydrogen) atoms. The summed E-state index contributed by atoms with van der Waals surface area (Å²) in [5.41, 5.74) is 3.73. The van der Waals surface area contributed by atoms with Gasteiger partial charge >= 0.3 is 0 Å². The quantitative estimate of drug-likeness (QED) is 0.723. The van der Waals surface area contributed by atoms with Crippen LogP contribution in [0.1, 0.15) is 29.2 Å². The van der Waals surface area contributed by atoms with E-state index in [-0.39, 0.29) is 0 Å². The molecule has 0 bridgehead atoms. The van der Waals surface area contributed by atoms with Crippen LogP contribution in [-0.2, 0) is 12.0 Å². The lowest BCUT2D eigenvalue weighted by Crippen LogP contribution is -2.25. The number of hydrogen-bond donors (Lipinski definition) is 1. The van der Waals surface area contributed by atoms with E-state index in [1.54, 1.807) is 11.3 Å². The summed E-state index contributed by atoms with van der Waals surface area (Å²) >= 11 is 1.75. The second kappa shape index (κ2) is 5.28. The van der Waals surface area contributed by atoms with E-state index in [1.807, 2.05) is 6.92 Å². The molecule has 3 aromatic rings. The Morgan fingerprint density at radius 2 is 1.86 bits per heavy atom. The van der Waals surface area contributed by atoms with Crippen molar-refractivity contribution in [1.29, 1.82) is 0 Å². The minimum Gasteiger partial charge on any atom is -0.385 e. The van der Waals surface area contributed by atoms with Gasteiger partial charge in [0.15, 0.2) is 0 Å². The van der Waals surface area contributed by atoms with Gasteiger partial charge in [0.2, 0.25) is 0 Å². The molecule has 0 saturated carbocycles. The van der Waals surface area contributed by atoms with Gasteiger partial charge in [-0.3, -0.25) is 0 Å². The van der Waals surface area contributed by atoms with Crippen LogP contribution in [0.15, 0.2) is 47.8 Å². The topological polar surface area (TPSA) is 20.2 Å². The molecule has 2 aromatic carbocycles. The molecule has 1 unspecified atom stereocenters. The Balaban J connectivity index is 2.01. The van der Waals surface area contributed by atoms with E-state index in [1.165, 1.54) is 21.2 Å². The molecule has 0 radical (unpaired) electrons. The summed E-state index contributed by atoms with van der Waals surface area (Å²) in [6.45, 7) is 6.05. The smallest absolute Gasteiger partial charge is 0.0911 e. The summed E-state index contributed by atoms with van der Waals surface area (Å²) in [6, 6.07) is 14.7. The third-order valence-electron chi connectivity index (χ3n) is 4.07. The second-order valence-corrected chi connectivity index (χ2v) is 6.94. The second-order valence-electron chi connectivity index (χ2n) is 6.03. The molecule has 2 heteroatoms. The van der Waals surface area contributed by atoms with Crippen molar-refractivity contribution in [3.63, 3.8) is 0 Å². The van der Waals surface area contributed by atoms with Crippen LogP contribution in [0.3, 0.4) is 0 Å². The fourth-order valence-electron chi connectivity index (χ4n) is 2.95. The standard InChI is InChI=1S/C19H20OS/c1-13-8-9-14(2)17(10-13)19(3,20)11-15-12-21-18-7-5-4-6-16(15)18/h4-10,12,20H,11H2,1-3H3. The van der Waals surface area contributed by atoms with Crippen LogP contribution < -0.4 is 0 Å². The lowest BCUT2D eigenvalue weighted by Gasteiger charge is -2.26. The van der Waals surface area contributed by atoms with Gasteiger partial charge in [-0.25, -0.2) is 0 Å². The maximum atomic E-state index is 11.0. The van der Waals surface area contributed by atoms with Gasteiger partial charge in [-0.05, 0) is 54.3 Å². The van der Waals surface area contributed by atoms with Gasteiger partial charge in [-0.1, -0.05) is 42.0 Å². The molecule has 1 heterocycles. The van der Waals surface area contributed by atoms with Crippen LogP contribution in [0.4, 0.5) is 0 Å². The first-order valence-electron chi connectivity index (χ1n) is 7.22. The van der Waals surface area contributed by atoms with Gasteiger partial charge in [0, 0.05) is 11.1 Å². The number of fused-ring (bicyclic) bond motifs is 1. The maximum absolute atomic E-state index is 11.0. The highest BCUT2D eigenvalue weighted by Gasteiger charge is 2.26. The number of benzene rings is 2. The highest BCUT2D eigenvalue weighted by atomic mass is 32.1. The average Bonchev–Trinajstić information content (AvgIpc) is 2.84. The molecular formula is C19H20OS. The maximum Gasteiger partial charge on any atom is 0.0911 e. The predicted octanol–water partition coefficient (Wildman–Crippen LogP) is 4.97. The van der Waals surface area contributed by atoms with Crippen molar-refractivity contribution in [2.45, 2.75) is 32.8 Å². The molecule has 3 rings (SSSR count). The molecule has 0 aliphatic carbocycles. The molecule has 0 saturated heterocycles. The van der Waals surface area contributed by atoms with Crippen molar-refractivity contribution < 1.29 is 5.11 Å².